The second kappa shape index (κ2) is 6.80. The predicted octanol–water partition coefficient (Wildman–Crippen LogP) is 3.44. The van der Waals surface area contributed by atoms with E-state index in [1.54, 1.807) is 0 Å². The van der Waals surface area contributed by atoms with Crippen molar-refractivity contribution >= 4 is 22.8 Å². The highest BCUT2D eigenvalue weighted by atomic mass is 16.4. The van der Waals surface area contributed by atoms with Crippen LogP contribution >= 0.6 is 0 Å². The van der Waals surface area contributed by atoms with Gasteiger partial charge in [-0.1, -0.05) is 55.5 Å². The van der Waals surface area contributed by atoms with Crippen LogP contribution in [0.2, 0.25) is 0 Å². The number of hydrogen-bond donors (Lipinski definition) is 4. The molecular weight excluding hydrogens is 356 g/mol. The number of H-pyrrole nitrogens is 1. The molecule has 0 fully saturated rings. The minimum absolute atomic E-state index is 0.200. The molecule has 0 saturated carbocycles. The maximum Gasteiger partial charge on any atom is 0.321 e. The molecule has 2 aromatic carbocycles. The van der Waals surface area contributed by atoms with E-state index in [0.29, 0.717) is 6.42 Å². The van der Waals surface area contributed by atoms with Crippen LogP contribution in [0.1, 0.15) is 42.5 Å². The number of benzene rings is 2. The Kier molecular flexibility index (Phi) is 4.43. The topological polar surface area (TPSA) is 102 Å². The number of para-hydroxylation sites is 1. The SMILES string of the molecule is CC[C@]1(CC(=O)O)N[C@H](C(=O)O)[C@@H](c2ccccc2)c2c1[nH]c1ccccc21. The second-order valence-corrected chi connectivity index (χ2v) is 7.31. The molecular formula is C22H22N2O4. The third kappa shape index (κ3) is 2.77. The smallest absolute Gasteiger partial charge is 0.321 e. The minimum Gasteiger partial charge on any atom is -0.481 e. The zero-order valence-electron chi connectivity index (χ0n) is 15.5. The fourth-order valence-electron chi connectivity index (χ4n) is 4.51. The minimum atomic E-state index is -0.993. The Balaban J connectivity index is 2.05. The van der Waals surface area contributed by atoms with Gasteiger partial charge in [-0.15, -0.1) is 0 Å². The summed E-state index contributed by atoms with van der Waals surface area (Å²) in [6.45, 7) is 1.88. The van der Waals surface area contributed by atoms with Crippen LogP contribution < -0.4 is 5.32 Å². The zero-order valence-corrected chi connectivity index (χ0v) is 15.5. The Bertz CT molecular complexity index is 1040. The summed E-state index contributed by atoms with van der Waals surface area (Å²) in [6, 6.07) is 16.3. The van der Waals surface area contributed by atoms with Gasteiger partial charge in [-0.25, -0.2) is 0 Å². The fraction of sp³-hybridized carbons (Fsp3) is 0.273. The molecule has 6 nitrogen and oxygen atoms in total. The average molecular weight is 378 g/mol. The summed E-state index contributed by atoms with van der Waals surface area (Å²) in [5.41, 5.74) is 2.42. The predicted molar refractivity (Wildman–Crippen MR) is 105 cm³/mol. The fourth-order valence-corrected chi connectivity index (χ4v) is 4.51. The van der Waals surface area contributed by atoms with Crippen LogP contribution in [0, 0.1) is 0 Å². The quantitative estimate of drug-likeness (QED) is 0.545. The monoisotopic (exact) mass is 378 g/mol. The maximum absolute atomic E-state index is 12.3. The van der Waals surface area contributed by atoms with E-state index in [9.17, 15) is 19.8 Å². The molecule has 0 saturated heterocycles. The lowest BCUT2D eigenvalue weighted by atomic mass is 9.72. The Morgan fingerprint density at radius 1 is 1.04 bits per heavy atom. The Labute approximate surface area is 162 Å². The molecule has 1 aliphatic rings. The highest BCUT2D eigenvalue weighted by Gasteiger charge is 2.49. The van der Waals surface area contributed by atoms with E-state index >= 15 is 0 Å². The van der Waals surface area contributed by atoms with Crippen molar-refractivity contribution in [3.63, 3.8) is 0 Å². The van der Waals surface area contributed by atoms with Crippen molar-refractivity contribution in [2.24, 2.45) is 0 Å². The number of carbonyl (C=O) groups is 2. The van der Waals surface area contributed by atoms with Crippen molar-refractivity contribution < 1.29 is 19.8 Å². The van der Waals surface area contributed by atoms with E-state index in [-0.39, 0.29) is 6.42 Å². The third-order valence-electron chi connectivity index (χ3n) is 5.78. The first-order valence-electron chi connectivity index (χ1n) is 9.35. The molecule has 0 spiro atoms. The molecule has 4 rings (SSSR count). The van der Waals surface area contributed by atoms with Crippen LogP contribution in [-0.4, -0.2) is 33.2 Å². The summed E-state index contributed by atoms with van der Waals surface area (Å²) >= 11 is 0. The van der Waals surface area contributed by atoms with Gasteiger partial charge in [0.1, 0.15) is 6.04 Å². The summed E-state index contributed by atoms with van der Waals surface area (Å²) in [5, 5.41) is 23.8. The van der Waals surface area contributed by atoms with Crippen LogP contribution in [-0.2, 0) is 15.1 Å². The largest absolute Gasteiger partial charge is 0.481 e. The van der Waals surface area contributed by atoms with Gasteiger partial charge in [0, 0.05) is 22.5 Å². The van der Waals surface area contributed by atoms with Gasteiger partial charge in [0.05, 0.1) is 12.0 Å². The lowest BCUT2D eigenvalue weighted by Gasteiger charge is -2.43. The van der Waals surface area contributed by atoms with E-state index in [2.05, 4.69) is 10.3 Å². The molecule has 0 aliphatic carbocycles. The summed E-state index contributed by atoms with van der Waals surface area (Å²) in [6.07, 6.45) is 0.249. The van der Waals surface area contributed by atoms with Gasteiger partial charge in [0.25, 0.3) is 0 Å². The standard InChI is InChI=1S/C22H22N2O4/c1-2-22(12-16(25)26)20-18(14-10-6-7-11-15(14)23-20)17(19(24-22)21(27)28)13-8-4-3-5-9-13/h3-11,17,19,23-24H,2,12H2,1H3,(H,25,26)(H,27,28)/t17-,19-,22+/m0/s1. The van der Waals surface area contributed by atoms with Crippen LogP contribution in [0.15, 0.2) is 54.6 Å². The number of rotatable bonds is 5. The van der Waals surface area contributed by atoms with Gasteiger partial charge in [0.2, 0.25) is 0 Å². The Morgan fingerprint density at radius 2 is 1.71 bits per heavy atom. The molecule has 4 N–H and O–H groups in total. The highest BCUT2D eigenvalue weighted by molar-refractivity contribution is 5.89. The number of hydrogen-bond acceptors (Lipinski definition) is 3. The summed E-state index contributed by atoms with van der Waals surface area (Å²) in [4.78, 5) is 27.4. The lowest BCUT2D eigenvalue weighted by Crippen LogP contribution is -2.58. The molecule has 3 atom stereocenters. The average Bonchev–Trinajstić information content (AvgIpc) is 3.08. The van der Waals surface area contributed by atoms with Crippen molar-refractivity contribution in [2.75, 3.05) is 0 Å². The van der Waals surface area contributed by atoms with Crippen molar-refractivity contribution in [2.45, 2.75) is 37.3 Å². The van der Waals surface area contributed by atoms with Gasteiger partial charge >= 0.3 is 11.9 Å². The van der Waals surface area contributed by atoms with Crippen molar-refractivity contribution in [3.05, 3.63) is 71.4 Å². The normalized spacial score (nSPS) is 24.0. The first-order chi connectivity index (χ1) is 13.5. The first kappa shape index (κ1) is 18.3. The molecule has 1 aliphatic heterocycles. The molecule has 0 bridgehead atoms. The number of carboxylic acids is 2. The molecule has 0 amide bonds. The Hall–Kier alpha value is -3.12. The molecule has 2 heterocycles. The van der Waals surface area contributed by atoms with Crippen molar-refractivity contribution in [1.82, 2.24) is 10.3 Å². The number of aliphatic carboxylic acids is 2. The van der Waals surface area contributed by atoms with Gasteiger partial charge in [0.15, 0.2) is 0 Å². The lowest BCUT2D eigenvalue weighted by molar-refractivity contribution is -0.144. The molecule has 6 heteroatoms. The first-order valence-corrected chi connectivity index (χ1v) is 9.35. The molecule has 3 aromatic rings. The maximum atomic E-state index is 12.3. The number of nitrogens with one attached hydrogen (secondary N) is 2. The molecule has 0 radical (unpaired) electrons. The number of aromatic amines is 1. The number of aromatic nitrogens is 1. The van der Waals surface area contributed by atoms with E-state index < -0.39 is 29.4 Å². The third-order valence-corrected chi connectivity index (χ3v) is 5.78. The summed E-state index contributed by atoms with van der Waals surface area (Å²) in [7, 11) is 0. The van der Waals surface area contributed by atoms with Crippen molar-refractivity contribution in [3.8, 4) is 0 Å². The summed E-state index contributed by atoms with van der Waals surface area (Å²) < 4.78 is 0. The van der Waals surface area contributed by atoms with Crippen molar-refractivity contribution in [1.29, 1.82) is 0 Å². The second-order valence-electron chi connectivity index (χ2n) is 7.31. The Morgan fingerprint density at radius 3 is 2.36 bits per heavy atom. The van der Waals surface area contributed by atoms with E-state index in [1.807, 2.05) is 61.5 Å². The van der Waals surface area contributed by atoms with Gasteiger partial charge < -0.3 is 15.2 Å². The van der Waals surface area contributed by atoms with Crippen LogP contribution in [0.5, 0.6) is 0 Å². The molecule has 0 unspecified atom stereocenters. The molecule has 28 heavy (non-hydrogen) atoms. The number of carboxylic acid groups (broad SMARTS) is 2. The van der Waals surface area contributed by atoms with Gasteiger partial charge in [-0.2, -0.15) is 0 Å². The van der Waals surface area contributed by atoms with E-state index in [4.69, 9.17) is 0 Å². The van der Waals surface area contributed by atoms with E-state index in [1.165, 1.54) is 0 Å². The van der Waals surface area contributed by atoms with E-state index in [0.717, 1.165) is 27.7 Å². The molecule has 1 aromatic heterocycles. The van der Waals surface area contributed by atoms with Gasteiger partial charge in [-0.05, 0) is 23.6 Å². The highest BCUT2D eigenvalue weighted by Crippen LogP contribution is 2.46. The van der Waals surface area contributed by atoms with Crippen LogP contribution in [0.25, 0.3) is 10.9 Å². The van der Waals surface area contributed by atoms with Crippen LogP contribution in [0.4, 0.5) is 0 Å². The van der Waals surface area contributed by atoms with Gasteiger partial charge in [-0.3, -0.25) is 14.9 Å². The molecule has 144 valence electrons. The van der Waals surface area contributed by atoms with Crippen LogP contribution in [0.3, 0.4) is 0 Å². The summed E-state index contributed by atoms with van der Waals surface area (Å²) in [5.74, 6) is -2.40. The zero-order chi connectivity index (χ0) is 19.9. The number of fused-ring (bicyclic) bond motifs is 3.